The van der Waals surface area contributed by atoms with E-state index < -0.39 is 0 Å². The minimum atomic E-state index is 0.568. The third kappa shape index (κ3) is 1.81. The van der Waals surface area contributed by atoms with Crippen LogP contribution in [-0.4, -0.2) is 33.5 Å². The van der Waals surface area contributed by atoms with Crippen molar-refractivity contribution in [1.29, 1.82) is 0 Å². The first-order valence-corrected chi connectivity index (χ1v) is 7.01. The lowest BCUT2D eigenvalue weighted by atomic mass is 9.94. The topological polar surface area (TPSA) is 63.7 Å². The SMILES string of the molecule is COCc1[nH]nc2c1CCc1cnc(SC)nc1-2. The summed E-state index contributed by atoms with van der Waals surface area (Å²) in [5.74, 6) is 0. The van der Waals surface area contributed by atoms with Gasteiger partial charge in [0.2, 0.25) is 0 Å². The highest BCUT2D eigenvalue weighted by atomic mass is 32.2. The fraction of sp³-hybridized carbons (Fsp3) is 0.417. The van der Waals surface area contributed by atoms with E-state index in [9.17, 15) is 0 Å². The van der Waals surface area contributed by atoms with Crippen molar-refractivity contribution >= 4 is 11.8 Å². The van der Waals surface area contributed by atoms with E-state index in [-0.39, 0.29) is 0 Å². The molecule has 0 spiro atoms. The number of hydrogen-bond donors (Lipinski definition) is 1. The molecule has 1 aliphatic rings. The quantitative estimate of drug-likeness (QED) is 0.675. The van der Waals surface area contributed by atoms with Crippen LogP contribution in [0, 0.1) is 0 Å². The zero-order chi connectivity index (χ0) is 12.5. The van der Waals surface area contributed by atoms with Crippen LogP contribution in [0.5, 0.6) is 0 Å². The van der Waals surface area contributed by atoms with Crippen molar-refractivity contribution < 1.29 is 4.74 Å². The molecule has 1 aliphatic carbocycles. The van der Waals surface area contributed by atoms with E-state index in [0.29, 0.717) is 6.61 Å². The van der Waals surface area contributed by atoms with E-state index in [1.165, 1.54) is 11.1 Å². The maximum absolute atomic E-state index is 5.18. The zero-order valence-corrected chi connectivity index (χ0v) is 11.2. The van der Waals surface area contributed by atoms with Crippen molar-refractivity contribution in [3.63, 3.8) is 0 Å². The molecule has 2 aromatic heterocycles. The van der Waals surface area contributed by atoms with Gasteiger partial charge in [-0.05, 0) is 24.7 Å². The predicted molar refractivity (Wildman–Crippen MR) is 69.5 cm³/mol. The van der Waals surface area contributed by atoms with E-state index in [1.54, 1.807) is 18.9 Å². The molecule has 0 amide bonds. The Kier molecular flexibility index (Phi) is 3.05. The molecule has 2 aromatic rings. The number of rotatable bonds is 3. The maximum Gasteiger partial charge on any atom is 0.187 e. The van der Waals surface area contributed by atoms with E-state index in [2.05, 4.69) is 20.2 Å². The average molecular weight is 262 g/mol. The van der Waals surface area contributed by atoms with Gasteiger partial charge in [0.1, 0.15) is 5.69 Å². The van der Waals surface area contributed by atoms with Gasteiger partial charge in [-0.1, -0.05) is 11.8 Å². The summed E-state index contributed by atoms with van der Waals surface area (Å²) in [6.45, 7) is 0.568. The number of ether oxygens (including phenoxy) is 1. The lowest BCUT2D eigenvalue weighted by molar-refractivity contribution is 0.180. The van der Waals surface area contributed by atoms with Gasteiger partial charge in [-0.25, -0.2) is 9.97 Å². The molecular formula is C12H14N4OS. The third-order valence-corrected chi connectivity index (χ3v) is 3.70. The van der Waals surface area contributed by atoms with Crippen molar-refractivity contribution in [2.45, 2.75) is 24.6 Å². The molecule has 0 radical (unpaired) electrons. The highest BCUT2D eigenvalue weighted by Crippen LogP contribution is 2.32. The lowest BCUT2D eigenvalue weighted by Crippen LogP contribution is -2.08. The number of methoxy groups -OCH3 is 1. The van der Waals surface area contributed by atoms with Gasteiger partial charge in [0.05, 0.1) is 18.0 Å². The molecule has 5 nitrogen and oxygen atoms in total. The molecule has 0 atom stereocenters. The molecule has 0 aromatic carbocycles. The number of aromatic amines is 1. The summed E-state index contributed by atoms with van der Waals surface area (Å²) >= 11 is 1.55. The molecule has 94 valence electrons. The van der Waals surface area contributed by atoms with E-state index in [1.807, 2.05) is 12.5 Å². The summed E-state index contributed by atoms with van der Waals surface area (Å²) in [7, 11) is 1.69. The van der Waals surface area contributed by atoms with Gasteiger partial charge in [0.25, 0.3) is 0 Å². The van der Waals surface area contributed by atoms with Crippen LogP contribution in [0.15, 0.2) is 11.4 Å². The molecule has 0 saturated heterocycles. The second kappa shape index (κ2) is 4.70. The molecule has 1 N–H and O–H groups in total. The Hall–Kier alpha value is -1.40. The van der Waals surface area contributed by atoms with Crippen molar-refractivity contribution in [3.05, 3.63) is 23.0 Å². The van der Waals surface area contributed by atoms with Gasteiger partial charge < -0.3 is 4.74 Å². The molecule has 0 aliphatic heterocycles. The Morgan fingerprint density at radius 2 is 2.28 bits per heavy atom. The number of aromatic nitrogens is 4. The van der Waals surface area contributed by atoms with Crippen molar-refractivity contribution in [2.75, 3.05) is 13.4 Å². The van der Waals surface area contributed by atoms with Crippen LogP contribution in [0.1, 0.15) is 16.8 Å². The van der Waals surface area contributed by atoms with Crippen molar-refractivity contribution in [2.24, 2.45) is 0 Å². The maximum atomic E-state index is 5.18. The van der Waals surface area contributed by atoms with Crippen LogP contribution in [0.2, 0.25) is 0 Å². The standard InChI is InChI=1S/C12H14N4OS/c1-17-6-9-8-4-3-7-5-13-12(18-2)14-10(7)11(8)16-15-9/h5H,3-4,6H2,1-2H3,(H,15,16). The van der Waals surface area contributed by atoms with Crippen LogP contribution < -0.4 is 0 Å². The third-order valence-electron chi connectivity index (χ3n) is 3.14. The summed E-state index contributed by atoms with van der Waals surface area (Å²) in [4.78, 5) is 8.89. The first-order valence-electron chi connectivity index (χ1n) is 5.78. The molecular weight excluding hydrogens is 248 g/mol. The van der Waals surface area contributed by atoms with Gasteiger partial charge in [0.15, 0.2) is 5.16 Å². The molecule has 0 saturated carbocycles. The Labute approximate surface area is 109 Å². The minimum absolute atomic E-state index is 0.568. The fourth-order valence-electron chi connectivity index (χ4n) is 2.27. The minimum Gasteiger partial charge on any atom is -0.378 e. The molecule has 6 heteroatoms. The highest BCUT2D eigenvalue weighted by Gasteiger charge is 2.23. The zero-order valence-electron chi connectivity index (χ0n) is 10.4. The Morgan fingerprint density at radius 1 is 1.39 bits per heavy atom. The van der Waals surface area contributed by atoms with Gasteiger partial charge in [-0.3, -0.25) is 5.10 Å². The van der Waals surface area contributed by atoms with E-state index in [4.69, 9.17) is 4.74 Å². The Morgan fingerprint density at radius 3 is 3.06 bits per heavy atom. The van der Waals surface area contributed by atoms with Gasteiger partial charge >= 0.3 is 0 Å². The largest absolute Gasteiger partial charge is 0.378 e. The molecule has 2 heterocycles. The Balaban J connectivity index is 2.10. The highest BCUT2D eigenvalue weighted by molar-refractivity contribution is 7.98. The number of hydrogen-bond acceptors (Lipinski definition) is 5. The number of nitrogens with one attached hydrogen (secondary N) is 1. The molecule has 18 heavy (non-hydrogen) atoms. The second-order valence-electron chi connectivity index (χ2n) is 4.19. The van der Waals surface area contributed by atoms with Crippen molar-refractivity contribution in [1.82, 2.24) is 20.2 Å². The smallest absolute Gasteiger partial charge is 0.187 e. The summed E-state index contributed by atoms with van der Waals surface area (Å²) in [5.41, 5.74) is 5.39. The average Bonchev–Trinajstić information content (AvgIpc) is 2.82. The molecule has 0 unspecified atom stereocenters. The number of thioether (sulfide) groups is 1. The number of fused-ring (bicyclic) bond motifs is 3. The van der Waals surface area contributed by atoms with Crippen LogP contribution in [0.3, 0.4) is 0 Å². The second-order valence-corrected chi connectivity index (χ2v) is 4.97. The normalized spacial score (nSPS) is 13.2. The number of H-pyrrole nitrogens is 1. The van der Waals surface area contributed by atoms with Crippen LogP contribution in [-0.2, 0) is 24.2 Å². The van der Waals surface area contributed by atoms with Crippen LogP contribution in [0.4, 0.5) is 0 Å². The van der Waals surface area contributed by atoms with Crippen molar-refractivity contribution in [3.8, 4) is 11.4 Å². The first kappa shape index (κ1) is 11.7. The summed E-state index contributed by atoms with van der Waals surface area (Å²) in [5, 5.41) is 8.23. The monoisotopic (exact) mass is 262 g/mol. The summed E-state index contributed by atoms with van der Waals surface area (Å²) in [6, 6.07) is 0. The summed E-state index contributed by atoms with van der Waals surface area (Å²) in [6.07, 6.45) is 5.83. The molecule has 0 bridgehead atoms. The predicted octanol–water partition coefficient (Wildman–Crippen LogP) is 1.83. The van der Waals surface area contributed by atoms with Gasteiger partial charge in [-0.15, -0.1) is 0 Å². The Bertz CT molecular complexity index is 581. The van der Waals surface area contributed by atoms with Crippen LogP contribution >= 0.6 is 11.8 Å². The number of nitrogens with zero attached hydrogens (tertiary/aromatic N) is 3. The molecule has 3 rings (SSSR count). The van der Waals surface area contributed by atoms with E-state index >= 15 is 0 Å². The first-order chi connectivity index (χ1) is 8.83. The number of aryl methyl sites for hydroxylation is 1. The van der Waals surface area contributed by atoms with Gasteiger partial charge in [-0.2, -0.15) is 5.10 Å². The van der Waals surface area contributed by atoms with Crippen LogP contribution in [0.25, 0.3) is 11.4 Å². The van der Waals surface area contributed by atoms with E-state index in [0.717, 1.165) is 35.1 Å². The fourth-order valence-corrected chi connectivity index (χ4v) is 2.61. The van der Waals surface area contributed by atoms with Gasteiger partial charge in [0, 0.05) is 18.9 Å². The lowest BCUT2D eigenvalue weighted by Gasteiger charge is -2.15. The molecule has 0 fully saturated rings. The summed E-state index contributed by atoms with van der Waals surface area (Å²) < 4.78 is 5.18.